The summed E-state index contributed by atoms with van der Waals surface area (Å²) in [5.74, 6) is 4.86. The van der Waals surface area contributed by atoms with E-state index in [-0.39, 0.29) is 18.3 Å². The normalized spacial score (nSPS) is 9.75. The fourth-order valence-corrected chi connectivity index (χ4v) is 2.48. The molecule has 0 spiro atoms. The number of rotatable bonds is 2. The van der Waals surface area contributed by atoms with Crippen LogP contribution in [0.4, 0.5) is 4.39 Å². The average Bonchev–Trinajstić information content (AvgIpc) is 2.75. The highest BCUT2D eigenvalue weighted by molar-refractivity contribution is 7.13. The molecule has 2 rings (SSSR count). The maximum Gasteiger partial charge on any atom is 0.264 e. The Kier molecular flexibility index (Phi) is 4.49. The van der Waals surface area contributed by atoms with Gasteiger partial charge in [-0.05, 0) is 26.0 Å². The van der Waals surface area contributed by atoms with E-state index in [1.807, 2.05) is 6.92 Å². The Morgan fingerprint density at radius 2 is 2.15 bits per heavy atom. The molecule has 20 heavy (non-hydrogen) atoms. The number of halogens is 1. The molecule has 0 bridgehead atoms. The monoisotopic (exact) mass is 288 g/mol. The van der Waals surface area contributed by atoms with Crippen LogP contribution < -0.4 is 5.32 Å². The lowest BCUT2D eigenvalue weighted by atomic mass is 10.2. The number of carbonyl (C=O) groups excluding carboxylic acids is 1. The summed E-state index contributed by atoms with van der Waals surface area (Å²) < 4.78 is 13.3. The van der Waals surface area contributed by atoms with Crippen molar-refractivity contribution in [1.29, 1.82) is 0 Å². The number of carbonyl (C=O) groups is 1. The van der Waals surface area contributed by atoms with Gasteiger partial charge in [0.25, 0.3) is 5.91 Å². The average molecular weight is 288 g/mol. The fourth-order valence-electron chi connectivity index (χ4n) is 1.65. The van der Waals surface area contributed by atoms with Gasteiger partial charge >= 0.3 is 0 Å². The molecule has 0 atom stereocenters. The summed E-state index contributed by atoms with van der Waals surface area (Å²) in [5.41, 5.74) is 1.04. The van der Waals surface area contributed by atoms with Gasteiger partial charge < -0.3 is 5.32 Å². The second-order valence-electron chi connectivity index (χ2n) is 4.11. The summed E-state index contributed by atoms with van der Waals surface area (Å²) in [4.78, 5) is 16.7. The maximum absolute atomic E-state index is 13.3. The van der Waals surface area contributed by atoms with Crippen LogP contribution in [0.2, 0.25) is 0 Å². The van der Waals surface area contributed by atoms with Crippen molar-refractivity contribution in [2.24, 2.45) is 0 Å². The Hall–Kier alpha value is -2.19. The van der Waals surface area contributed by atoms with Gasteiger partial charge in [-0.3, -0.25) is 4.79 Å². The lowest BCUT2D eigenvalue weighted by Gasteiger charge is -1.98. The first-order chi connectivity index (χ1) is 9.58. The molecule has 0 aliphatic heterocycles. The van der Waals surface area contributed by atoms with E-state index < -0.39 is 0 Å². The van der Waals surface area contributed by atoms with Gasteiger partial charge in [0.05, 0.1) is 22.8 Å². The predicted octanol–water partition coefficient (Wildman–Crippen LogP) is 2.68. The van der Waals surface area contributed by atoms with E-state index in [9.17, 15) is 9.18 Å². The Balaban J connectivity index is 1.96. The van der Waals surface area contributed by atoms with Crippen molar-refractivity contribution in [1.82, 2.24) is 10.3 Å². The minimum Gasteiger partial charge on any atom is -0.340 e. The number of amides is 1. The van der Waals surface area contributed by atoms with E-state index in [0.29, 0.717) is 16.1 Å². The molecule has 3 nitrogen and oxygen atoms in total. The summed E-state index contributed by atoms with van der Waals surface area (Å²) in [6, 6.07) is 6.28. The molecule has 1 heterocycles. The summed E-state index contributed by atoms with van der Waals surface area (Å²) in [7, 11) is 0. The Morgan fingerprint density at radius 1 is 1.40 bits per heavy atom. The lowest BCUT2D eigenvalue weighted by Crippen LogP contribution is -2.23. The largest absolute Gasteiger partial charge is 0.340 e. The highest BCUT2D eigenvalue weighted by Crippen LogP contribution is 2.16. The quantitative estimate of drug-likeness (QED) is 0.863. The number of hydrogen-bond acceptors (Lipinski definition) is 3. The molecule has 0 fully saturated rings. The number of benzene rings is 1. The van der Waals surface area contributed by atoms with Gasteiger partial charge in [0, 0.05) is 0 Å². The van der Waals surface area contributed by atoms with Crippen LogP contribution in [0.15, 0.2) is 24.3 Å². The molecule has 0 aliphatic rings. The third kappa shape index (κ3) is 3.43. The minimum atomic E-state index is -0.361. The molecule has 0 saturated carbocycles. The van der Waals surface area contributed by atoms with Gasteiger partial charge in [0.1, 0.15) is 10.7 Å². The van der Waals surface area contributed by atoms with Crippen molar-refractivity contribution in [3.05, 3.63) is 51.2 Å². The van der Waals surface area contributed by atoms with E-state index >= 15 is 0 Å². The molecule has 102 valence electrons. The highest BCUT2D eigenvalue weighted by atomic mass is 32.1. The van der Waals surface area contributed by atoms with Crippen LogP contribution >= 0.6 is 11.3 Å². The summed E-state index contributed by atoms with van der Waals surface area (Å²) in [5, 5.41) is 3.53. The molecular weight excluding hydrogens is 275 g/mol. The maximum atomic E-state index is 13.3. The first-order valence-corrected chi connectivity index (χ1v) is 6.85. The second kappa shape index (κ2) is 6.31. The molecule has 2 aromatic rings. The number of thiazole rings is 1. The van der Waals surface area contributed by atoms with Crippen LogP contribution in [0.3, 0.4) is 0 Å². The Morgan fingerprint density at radius 3 is 2.80 bits per heavy atom. The van der Waals surface area contributed by atoms with Gasteiger partial charge in [0.15, 0.2) is 0 Å². The zero-order valence-corrected chi connectivity index (χ0v) is 12.0. The number of nitrogens with one attached hydrogen (secondary N) is 1. The molecule has 1 aromatic heterocycles. The molecule has 0 radical (unpaired) electrons. The van der Waals surface area contributed by atoms with E-state index in [2.05, 4.69) is 22.1 Å². The number of aryl methyl sites for hydroxylation is 2. The van der Waals surface area contributed by atoms with Gasteiger partial charge in [-0.2, -0.15) is 0 Å². The molecule has 1 N–H and O–H groups in total. The SMILES string of the molecule is Cc1nc(C)c(C(=O)NCC#Cc2ccccc2F)s1. The van der Waals surface area contributed by atoms with Crippen molar-refractivity contribution in [3.8, 4) is 11.8 Å². The van der Waals surface area contributed by atoms with Crippen molar-refractivity contribution in [3.63, 3.8) is 0 Å². The third-order valence-electron chi connectivity index (χ3n) is 2.54. The van der Waals surface area contributed by atoms with Crippen LogP contribution in [0, 0.1) is 31.5 Å². The van der Waals surface area contributed by atoms with Gasteiger partial charge in [-0.1, -0.05) is 24.0 Å². The van der Waals surface area contributed by atoms with E-state index in [4.69, 9.17) is 0 Å². The molecule has 1 aromatic carbocycles. The molecular formula is C15H13FN2OS. The second-order valence-corrected chi connectivity index (χ2v) is 5.31. The highest BCUT2D eigenvalue weighted by Gasteiger charge is 2.12. The number of nitrogens with zero attached hydrogens (tertiary/aromatic N) is 1. The first kappa shape index (κ1) is 14.2. The zero-order chi connectivity index (χ0) is 14.5. The predicted molar refractivity (Wildman–Crippen MR) is 77.2 cm³/mol. The molecule has 0 saturated heterocycles. The Bertz CT molecular complexity index is 697. The van der Waals surface area contributed by atoms with Crippen molar-refractivity contribution in [2.75, 3.05) is 6.54 Å². The number of hydrogen-bond donors (Lipinski definition) is 1. The summed E-state index contributed by atoms with van der Waals surface area (Å²) >= 11 is 1.35. The van der Waals surface area contributed by atoms with E-state index in [1.165, 1.54) is 17.4 Å². The fraction of sp³-hybridized carbons (Fsp3) is 0.200. The topological polar surface area (TPSA) is 42.0 Å². The van der Waals surface area contributed by atoms with Gasteiger partial charge in [-0.15, -0.1) is 11.3 Å². The molecule has 1 amide bonds. The van der Waals surface area contributed by atoms with Gasteiger partial charge in [-0.25, -0.2) is 9.37 Å². The lowest BCUT2D eigenvalue weighted by molar-refractivity contribution is 0.0962. The standard InChI is InChI=1S/C15H13FN2OS/c1-10-14(20-11(2)18-10)15(19)17-9-5-7-12-6-3-4-8-13(12)16/h3-4,6,8H,9H2,1-2H3,(H,17,19). The Labute approximate surface area is 120 Å². The molecule has 0 unspecified atom stereocenters. The zero-order valence-electron chi connectivity index (χ0n) is 11.2. The molecule has 0 aliphatic carbocycles. The first-order valence-electron chi connectivity index (χ1n) is 6.03. The van der Waals surface area contributed by atoms with Crippen LogP contribution in [0.5, 0.6) is 0 Å². The van der Waals surface area contributed by atoms with Crippen molar-refractivity contribution < 1.29 is 9.18 Å². The van der Waals surface area contributed by atoms with Crippen molar-refractivity contribution in [2.45, 2.75) is 13.8 Å². The molecule has 5 heteroatoms. The summed E-state index contributed by atoms with van der Waals surface area (Å²) in [6.45, 7) is 3.82. The minimum absolute atomic E-state index is 0.170. The van der Waals surface area contributed by atoms with Crippen LogP contribution in [0.25, 0.3) is 0 Å². The van der Waals surface area contributed by atoms with Crippen molar-refractivity contribution >= 4 is 17.2 Å². The van der Waals surface area contributed by atoms with Crippen LogP contribution in [0.1, 0.15) is 25.9 Å². The van der Waals surface area contributed by atoms with E-state index in [0.717, 1.165) is 5.01 Å². The van der Waals surface area contributed by atoms with Crippen LogP contribution in [-0.4, -0.2) is 17.4 Å². The third-order valence-corrected chi connectivity index (χ3v) is 3.62. The van der Waals surface area contributed by atoms with Crippen LogP contribution in [-0.2, 0) is 0 Å². The van der Waals surface area contributed by atoms with E-state index in [1.54, 1.807) is 25.1 Å². The smallest absolute Gasteiger partial charge is 0.264 e. The number of aromatic nitrogens is 1. The summed E-state index contributed by atoms with van der Waals surface area (Å²) in [6.07, 6.45) is 0. The van der Waals surface area contributed by atoms with Gasteiger partial charge in [0.2, 0.25) is 0 Å².